The Balaban J connectivity index is 1.80. The van der Waals surface area contributed by atoms with Crippen LogP contribution in [0.3, 0.4) is 0 Å². The second kappa shape index (κ2) is 4.64. The third-order valence-electron chi connectivity index (χ3n) is 5.24. The standard InChI is InChI=1S/C18H16N4O2/c23-16-14-8-5-11-21(14)18(22(16)15-9-3-4-10-19-15)12-6-1-2-7-13(12)20-17(18)24/h1-4,6-7,9-10,14H,5,8,11H2,(H,20,24)/t14-,18+/m0/s1. The Labute approximate surface area is 139 Å². The Hall–Kier alpha value is -2.73. The predicted molar refractivity (Wildman–Crippen MR) is 88.2 cm³/mol. The largest absolute Gasteiger partial charge is 0.322 e. The molecule has 0 radical (unpaired) electrons. The van der Waals surface area contributed by atoms with Crippen LogP contribution in [0.5, 0.6) is 0 Å². The number of hydrogen-bond donors (Lipinski definition) is 1. The first-order valence-electron chi connectivity index (χ1n) is 8.17. The molecule has 2 amide bonds. The van der Waals surface area contributed by atoms with Crippen molar-refractivity contribution in [2.75, 3.05) is 16.8 Å². The molecule has 2 atom stereocenters. The van der Waals surface area contributed by atoms with Crippen LogP contribution in [0.4, 0.5) is 11.5 Å². The van der Waals surface area contributed by atoms with Gasteiger partial charge in [0.05, 0.1) is 6.04 Å². The summed E-state index contributed by atoms with van der Waals surface area (Å²) in [6.45, 7) is 0.724. The first kappa shape index (κ1) is 13.7. The van der Waals surface area contributed by atoms with Gasteiger partial charge >= 0.3 is 0 Å². The smallest absolute Gasteiger partial charge is 0.271 e. The second-order valence-electron chi connectivity index (χ2n) is 6.38. The van der Waals surface area contributed by atoms with E-state index in [-0.39, 0.29) is 17.9 Å². The lowest BCUT2D eigenvalue weighted by atomic mass is 9.98. The van der Waals surface area contributed by atoms with Crippen molar-refractivity contribution in [1.82, 2.24) is 9.88 Å². The summed E-state index contributed by atoms with van der Waals surface area (Å²) in [4.78, 5) is 34.3. The molecule has 6 nitrogen and oxygen atoms in total. The average molecular weight is 320 g/mol. The van der Waals surface area contributed by atoms with E-state index in [1.165, 1.54) is 0 Å². The van der Waals surface area contributed by atoms with Crippen LogP contribution in [0.1, 0.15) is 18.4 Å². The molecule has 6 heteroatoms. The van der Waals surface area contributed by atoms with Crippen LogP contribution < -0.4 is 10.2 Å². The van der Waals surface area contributed by atoms with Gasteiger partial charge in [-0.15, -0.1) is 0 Å². The minimum Gasteiger partial charge on any atom is -0.322 e. The van der Waals surface area contributed by atoms with Gasteiger partial charge in [0.15, 0.2) is 0 Å². The molecule has 1 spiro atoms. The van der Waals surface area contributed by atoms with E-state index in [1.54, 1.807) is 23.2 Å². The Kier molecular flexibility index (Phi) is 2.65. The van der Waals surface area contributed by atoms with Gasteiger partial charge in [-0.1, -0.05) is 24.3 Å². The Morgan fingerprint density at radius 1 is 1.12 bits per heavy atom. The summed E-state index contributed by atoms with van der Waals surface area (Å²) in [6.07, 6.45) is 3.35. The van der Waals surface area contributed by atoms with Crippen molar-refractivity contribution < 1.29 is 9.59 Å². The highest BCUT2D eigenvalue weighted by Crippen LogP contribution is 2.51. The fourth-order valence-corrected chi connectivity index (χ4v) is 4.35. The predicted octanol–water partition coefficient (Wildman–Crippen LogP) is 1.70. The topological polar surface area (TPSA) is 65.5 Å². The van der Waals surface area contributed by atoms with E-state index in [4.69, 9.17) is 0 Å². The van der Waals surface area contributed by atoms with Crippen molar-refractivity contribution in [3.05, 3.63) is 54.2 Å². The molecule has 3 aliphatic heterocycles. The first-order chi connectivity index (χ1) is 11.7. The molecule has 2 aromatic rings. The van der Waals surface area contributed by atoms with E-state index in [0.717, 1.165) is 30.6 Å². The SMILES string of the molecule is O=C1[C@@H]2CCCN2[C@@]2(C(=O)Nc3ccccc32)N1c1ccccn1. The molecule has 24 heavy (non-hydrogen) atoms. The normalized spacial score (nSPS) is 28.3. The number of benzene rings is 1. The Morgan fingerprint density at radius 3 is 2.79 bits per heavy atom. The van der Waals surface area contributed by atoms with Crippen molar-refractivity contribution in [3.63, 3.8) is 0 Å². The summed E-state index contributed by atoms with van der Waals surface area (Å²) in [7, 11) is 0. The molecule has 2 saturated heterocycles. The number of pyridine rings is 1. The Bertz CT molecular complexity index is 851. The van der Waals surface area contributed by atoms with Crippen molar-refractivity contribution in [1.29, 1.82) is 0 Å². The highest BCUT2D eigenvalue weighted by molar-refractivity contribution is 6.16. The molecular weight excluding hydrogens is 304 g/mol. The van der Waals surface area contributed by atoms with E-state index < -0.39 is 5.66 Å². The number of para-hydroxylation sites is 1. The third kappa shape index (κ3) is 1.46. The van der Waals surface area contributed by atoms with Gasteiger partial charge in [-0.2, -0.15) is 0 Å². The quantitative estimate of drug-likeness (QED) is 0.868. The summed E-state index contributed by atoms with van der Waals surface area (Å²) in [5, 5.41) is 2.96. The van der Waals surface area contributed by atoms with Crippen LogP contribution in [0, 0.1) is 0 Å². The molecular formula is C18H16N4O2. The van der Waals surface area contributed by atoms with Gasteiger partial charge in [0.25, 0.3) is 5.91 Å². The zero-order valence-electron chi connectivity index (χ0n) is 13.0. The number of anilines is 2. The Morgan fingerprint density at radius 2 is 1.96 bits per heavy atom. The van der Waals surface area contributed by atoms with E-state index >= 15 is 0 Å². The van der Waals surface area contributed by atoms with E-state index in [0.29, 0.717) is 5.82 Å². The lowest BCUT2D eigenvalue weighted by Crippen LogP contribution is -2.56. The zero-order chi connectivity index (χ0) is 16.3. The van der Waals surface area contributed by atoms with Crippen LogP contribution in [-0.2, 0) is 15.3 Å². The van der Waals surface area contributed by atoms with E-state index in [9.17, 15) is 9.59 Å². The van der Waals surface area contributed by atoms with Crippen LogP contribution in [0.15, 0.2) is 48.7 Å². The molecule has 120 valence electrons. The van der Waals surface area contributed by atoms with Crippen molar-refractivity contribution in [2.24, 2.45) is 0 Å². The molecule has 1 N–H and O–H groups in total. The minimum absolute atomic E-state index is 0.0435. The highest BCUT2D eigenvalue weighted by atomic mass is 16.2. The maximum atomic E-state index is 13.2. The number of hydrogen-bond acceptors (Lipinski definition) is 4. The number of fused-ring (bicyclic) bond motifs is 4. The molecule has 0 saturated carbocycles. The third-order valence-corrected chi connectivity index (χ3v) is 5.24. The minimum atomic E-state index is -1.12. The maximum absolute atomic E-state index is 13.2. The second-order valence-corrected chi connectivity index (χ2v) is 6.38. The fourth-order valence-electron chi connectivity index (χ4n) is 4.35. The molecule has 0 unspecified atom stereocenters. The number of nitrogens with zero attached hydrogens (tertiary/aromatic N) is 3. The van der Waals surface area contributed by atoms with E-state index in [1.807, 2.05) is 35.2 Å². The van der Waals surface area contributed by atoms with Gasteiger partial charge in [0.2, 0.25) is 11.6 Å². The zero-order valence-corrected chi connectivity index (χ0v) is 13.0. The van der Waals surface area contributed by atoms with Crippen LogP contribution >= 0.6 is 0 Å². The number of amides is 2. The summed E-state index contributed by atoms with van der Waals surface area (Å²) in [5.41, 5.74) is 0.477. The van der Waals surface area contributed by atoms with Crippen LogP contribution in [-0.4, -0.2) is 34.3 Å². The summed E-state index contributed by atoms with van der Waals surface area (Å²) >= 11 is 0. The molecule has 5 rings (SSSR count). The van der Waals surface area contributed by atoms with Gasteiger partial charge < -0.3 is 5.32 Å². The number of aromatic nitrogens is 1. The van der Waals surface area contributed by atoms with Gasteiger partial charge in [-0.05, 0) is 31.0 Å². The lowest BCUT2D eigenvalue weighted by Gasteiger charge is -2.37. The molecule has 3 aliphatic rings. The van der Waals surface area contributed by atoms with Crippen molar-refractivity contribution in [2.45, 2.75) is 24.5 Å². The average Bonchev–Trinajstić information content (AvgIpc) is 3.25. The van der Waals surface area contributed by atoms with Crippen molar-refractivity contribution in [3.8, 4) is 0 Å². The van der Waals surface area contributed by atoms with Gasteiger partial charge in [-0.25, -0.2) is 4.98 Å². The van der Waals surface area contributed by atoms with Gasteiger partial charge in [0.1, 0.15) is 5.82 Å². The molecule has 0 bridgehead atoms. The van der Waals surface area contributed by atoms with Crippen LogP contribution in [0.2, 0.25) is 0 Å². The van der Waals surface area contributed by atoms with Crippen LogP contribution in [0.25, 0.3) is 0 Å². The number of carbonyl (C=O) groups is 2. The summed E-state index contributed by atoms with van der Waals surface area (Å²) in [6, 6.07) is 12.8. The van der Waals surface area contributed by atoms with Gasteiger partial charge in [0, 0.05) is 24.0 Å². The number of carbonyl (C=O) groups excluding carboxylic acids is 2. The fraction of sp³-hybridized carbons (Fsp3) is 0.278. The lowest BCUT2D eigenvalue weighted by molar-refractivity contribution is -0.126. The number of rotatable bonds is 1. The molecule has 4 heterocycles. The maximum Gasteiger partial charge on any atom is 0.271 e. The highest BCUT2D eigenvalue weighted by Gasteiger charge is 2.67. The summed E-state index contributed by atoms with van der Waals surface area (Å²) < 4.78 is 0. The molecule has 0 aliphatic carbocycles. The number of nitrogens with one attached hydrogen (secondary N) is 1. The molecule has 2 fully saturated rings. The van der Waals surface area contributed by atoms with Gasteiger partial charge in [-0.3, -0.25) is 19.4 Å². The molecule has 1 aromatic heterocycles. The monoisotopic (exact) mass is 320 g/mol. The van der Waals surface area contributed by atoms with Crippen molar-refractivity contribution >= 4 is 23.3 Å². The molecule has 1 aromatic carbocycles. The summed E-state index contributed by atoms with van der Waals surface area (Å²) in [5.74, 6) is 0.300. The first-order valence-corrected chi connectivity index (χ1v) is 8.17. The van der Waals surface area contributed by atoms with E-state index in [2.05, 4.69) is 10.3 Å².